The van der Waals surface area contributed by atoms with E-state index in [9.17, 15) is 0 Å². The van der Waals surface area contributed by atoms with Crippen molar-refractivity contribution < 1.29 is 4.42 Å². The molecule has 0 atom stereocenters. The molecule has 49 heavy (non-hydrogen) atoms. The molecule has 0 unspecified atom stereocenters. The number of aromatic nitrogens is 4. The maximum Gasteiger partial charge on any atom is 0.227 e. The van der Waals surface area contributed by atoms with Crippen molar-refractivity contribution in [2.75, 3.05) is 0 Å². The highest BCUT2D eigenvalue weighted by Gasteiger charge is 2.15. The lowest BCUT2D eigenvalue weighted by atomic mass is 9.92. The zero-order valence-corrected chi connectivity index (χ0v) is 26.4. The lowest BCUT2D eigenvalue weighted by molar-refractivity contribution is 0.620. The molecule has 0 aliphatic rings. The summed E-state index contributed by atoms with van der Waals surface area (Å²) in [5.74, 6) is 2.56. The molecule has 5 nitrogen and oxygen atoms in total. The van der Waals surface area contributed by atoms with Gasteiger partial charge in [-0.2, -0.15) is 0 Å². The number of benzene rings is 7. The van der Waals surface area contributed by atoms with E-state index in [-0.39, 0.29) is 0 Å². The van der Waals surface area contributed by atoms with Gasteiger partial charge in [0.1, 0.15) is 5.52 Å². The van der Waals surface area contributed by atoms with Crippen LogP contribution in [0.4, 0.5) is 0 Å². The van der Waals surface area contributed by atoms with Gasteiger partial charge in [0.05, 0.1) is 0 Å². The van der Waals surface area contributed by atoms with E-state index in [4.69, 9.17) is 24.4 Å². The Morgan fingerprint density at radius 2 is 0.755 bits per heavy atom. The first-order chi connectivity index (χ1) is 24.3. The van der Waals surface area contributed by atoms with Gasteiger partial charge in [-0.15, -0.1) is 0 Å². The SMILES string of the molecule is c1ccc(-c2nc(-c3ccccc3)nc(-c3ccc(-c4ccc(-c5ccc6nc(-c7ccccc7)oc6c5)c5ccccc45)cc3)n2)cc1. The van der Waals surface area contributed by atoms with E-state index < -0.39 is 0 Å². The predicted molar refractivity (Wildman–Crippen MR) is 198 cm³/mol. The minimum atomic E-state index is 0.626. The predicted octanol–water partition coefficient (Wildman–Crippen LogP) is 11.2. The lowest BCUT2D eigenvalue weighted by Gasteiger charge is -2.13. The van der Waals surface area contributed by atoms with Gasteiger partial charge in [0.2, 0.25) is 5.89 Å². The van der Waals surface area contributed by atoms with E-state index in [1.54, 1.807) is 0 Å². The Morgan fingerprint density at radius 3 is 1.31 bits per heavy atom. The number of oxazole rings is 1. The van der Waals surface area contributed by atoms with Crippen LogP contribution in [0.2, 0.25) is 0 Å². The van der Waals surface area contributed by atoms with Crippen LogP contribution in [-0.4, -0.2) is 19.9 Å². The van der Waals surface area contributed by atoms with E-state index in [1.807, 2.05) is 97.1 Å². The van der Waals surface area contributed by atoms with E-state index in [2.05, 4.69) is 72.8 Å². The molecule has 0 spiro atoms. The molecule has 5 heteroatoms. The minimum absolute atomic E-state index is 0.626. The Bertz CT molecular complexity index is 2520. The average molecular weight is 629 g/mol. The van der Waals surface area contributed by atoms with Crippen LogP contribution in [0.15, 0.2) is 174 Å². The van der Waals surface area contributed by atoms with Crippen LogP contribution in [0.5, 0.6) is 0 Å². The Balaban J connectivity index is 1.09. The average Bonchev–Trinajstić information content (AvgIpc) is 3.62. The van der Waals surface area contributed by atoms with Gasteiger partial charge in [-0.3, -0.25) is 0 Å². The first-order valence-electron chi connectivity index (χ1n) is 16.2. The first kappa shape index (κ1) is 28.5. The third-order valence-electron chi connectivity index (χ3n) is 8.80. The molecule has 0 radical (unpaired) electrons. The zero-order valence-electron chi connectivity index (χ0n) is 26.4. The molecule has 230 valence electrons. The molecule has 0 N–H and O–H groups in total. The number of hydrogen-bond donors (Lipinski definition) is 0. The van der Waals surface area contributed by atoms with Crippen molar-refractivity contribution in [3.8, 4) is 67.9 Å². The number of nitrogens with zero attached hydrogens (tertiary/aromatic N) is 4. The maximum atomic E-state index is 6.21. The largest absolute Gasteiger partial charge is 0.436 e. The van der Waals surface area contributed by atoms with E-state index in [0.29, 0.717) is 23.4 Å². The van der Waals surface area contributed by atoms with Crippen molar-refractivity contribution in [1.29, 1.82) is 0 Å². The fraction of sp³-hybridized carbons (Fsp3) is 0. The third kappa shape index (κ3) is 5.43. The molecule has 0 saturated heterocycles. The summed E-state index contributed by atoms with van der Waals surface area (Å²) in [6.07, 6.45) is 0. The Kier molecular flexibility index (Phi) is 7.06. The highest BCUT2D eigenvalue weighted by atomic mass is 16.3. The van der Waals surface area contributed by atoms with Gasteiger partial charge in [0.25, 0.3) is 0 Å². The van der Waals surface area contributed by atoms with Crippen LogP contribution in [0.1, 0.15) is 0 Å². The molecule has 0 bridgehead atoms. The standard InChI is InChI=1S/C44H28N4O/c1-4-12-30(13-5-1)41-46-42(31-14-6-2-7-15-31)48-43(47-41)32-22-20-29(21-23-32)35-25-26-36(38-19-11-10-18-37(35)38)34-24-27-39-40(28-34)49-44(45-39)33-16-8-3-9-17-33/h1-28H. The molecule has 2 heterocycles. The van der Waals surface area contributed by atoms with Crippen molar-refractivity contribution in [3.63, 3.8) is 0 Å². The summed E-state index contributed by atoms with van der Waals surface area (Å²) in [7, 11) is 0. The second-order valence-electron chi connectivity index (χ2n) is 11.9. The lowest BCUT2D eigenvalue weighted by Crippen LogP contribution is -2.00. The van der Waals surface area contributed by atoms with Crippen LogP contribution in [-0.2, 0) is 0 Å². The van der Waals surface area contributed by atoms with Crippen LogP contribution >= 0.6 is 0 Å². The summed E-state index contributed by atoms with van der Waals surface area (Å²) in [4.78, 5) is 19.4. The third-order valence-corrected chi connectivity index (χ3v) is 8.80. The van der Waals surface area contributed by atoms with E-state index in [1.165, 1.54) is 10.8 Å². The van der Waals surface area contributed by atoms with Gasteiger partial charge in [0.15, 0.2) is 23.1 Å². The molecule has 2 aromatic heterocycles. The summed E-state index contributed by atoms with van der Waals surface area (Å²) >= 11 is 0. The molecular formula is C44H28N4O. The molecule has 0 aliphatic carbocycles. The number of rotatable bonds is 6. The first-order valence-corrected chi connectivity index (χ1v) is 16.2. The topological polar surface area (TPSA) is 64.7 Å². The van der Waals surface area contributed by atoms with Gasteiger partial charge in [-0.05, 0) is 57.3 Å². The Morgan fingerprint density at radius 1 is 0.327 bits per heavy atom. The van der Waals surface area contributed by atoms with Crippen LogP contribution in [0.25, 0.3) is 89.7 Å². The molecule has 0 amide bonds. The highest BCUT2D eigenvalue weighted by Crippen LogP contribution is 2.38. The van der Waals surface area contributed by atoms with Gasteiger partial charge in [0, 0.05) is 22.3 Å². The highest BCUT2D eigenvalue weighted by molar-refractivity contribution is 6.05. The summed E-state index contributed by atoms with van der Waals surface area (Å²) < 4.78 is 6.21. The van der Waals surface area contributed by atoms with Crippen molar-refractivity contribution in [2.45, 2.75) is 0 Å². The Hall–Kier alpha value is -6.72. The summed E-state index contributed by atoms with van der Waals surface area (Å²) in [6, 6.07) is 57.8. The number of hydrogen-bond acceptors (Lipinski definition) is 5. The second kappa shape index (κ2) is 12.1. The van der Waals surface area contributed by atoms with Gasteiger partial charge >= 0.3 is 0 Å². The zero-order chi connectivity index (χ0) is 32.6. The van der Waals surface area contributed by atoms with Gasteiger partial charge in [-0.1, -0.05) is 146 Å². The fourth-order valence-corrected chi connectivity index (χ4v) is 6.34. The second-order valence-corrected chi connectivity index (χ2v) is 11.9. The van der Waals surface area contributed by atoms with E-state index in [0.717, 1.165) is 55.6 Å². The fourth-order valence-electron chi connectivity index (χ4n) is 6.34. The van der Waals surface area contributed by atoms with Crippen LogP contribution in [0, 0.1) is 0 Å². The normalized spacial score (nSPS) is 11.3. The minimum Gasteiger partial charge on any atom is -0.436 e. The smallest absolute Gasteiger partial charge is 0.227 e. The Labute approximate surface area is 283 Å². The summed E-state index contributed by atoms with van der Waals surface area (Å²) in [6.45, 7) is 0. The van der Waals surface area contributed by atoms with Crippen molar-refractivity contribution in [2.24, 2.45) is 0 Å². The monoisotopic (exact) mass is 628 g/mol. The number of fused-ring (bicyclic) bond motifs is 2. The molecule has 7 aromatic carbocycles. The van der Waals surface area contributed by atoms with Crippen molar-refractivity contribution in [3.05, 3.63) is 170 Å². The maximum absolute atomic E-state index is 6.21. The van der Waals surface area contributed by atoms with Crippen LogP contribution < -0.4 is 0 Å². The molecule has 0 saturated carbocycles. The van der Waals surface area contributed by atoms with Crippen molar-refractivity contribution >= 4 is 21.9 Å². The molecule has 9 rings (SSSR count). The molecule has 0 fully saturated rings. The van der Waals surface area contributed by atoms with Gasteiger partial charge < -0.3 is 4.42 Å². The van der Waals surface area contributed by atoms with E-state index >= 15 is 0 Å². The molecule has 9 aromatic rings. The molecular weight excluding hydrogens is 601 g/mol. The summed E-state index contributed by atoms with van der Waals surface area (Å²) in [5, 5.41) is 2.34. The van der Waals surface area contributed by atoms with Crippen LogP contribution in [0.3, 0.4) is 0 Å². The molecule has 0 aliphatic heterocycles. The quantitative estimate of drug-likeness (QED) is 0.183. The summed E-state index contributed by atoms with van der Waals surface area (Å²) in [5.41, 5.74) is 9.90. The van der Waals surface area contributed by atoms with Crippen molar-refractivity contribution in [1.82, 2.24) is 19.9 Å². The van der Waals surface area contributed by atoms with Gasteiger partial charge in [-0.25, -0.2) is 19.9 Å².